The fourth-order valence-electron chi connectivity index (χ4n) is 3.90. The SMILES string of the molecule is Cc1cccc(CN(C(=O)CN(c2cc(Cl)ccc2Cl)S(=O)(=O)c2ccccc2)[C@@H](C)C(=O)NC(C)C)c1. The number of rotatable bonds is 10. The van der Waals surface area contributed by atoms with Crippen molar-refractivity contribution < 1.29 is 18.0 Å². The molecule has 3 rings (SSSR count). The monoisotopic (exact) mass is 575 g/mol. The molecule has 0 saturated carbocycles. The van der Waals surface area contributed by atoms with Gasteiger partial charge >= 0.3 is 0 Å². The molecular weight excluding hydrogens is 545 g/mol. The van der Waals surface area contributed by atoms with Crippen LogP contribution in [0.4, 0.5) is 5.69 Å². The minimum atomic E-state index is -4.22. The number of nitrogens with zero attached hydrogens (tertiary/aromatic N) is 2. The molecule has 1 N–H and O–H groups in total. The number of halogens is 2. The molecule has 10 heteroatoms. The van der Waals surface area contributed by atoms with Crippen LogP contribution in [0.5, 0.6) is 0 Å². The Bertz CT molecular complexity index is 1400. The second-order valence-corrected chi connectivity index (χ2v) is 12.0. The Balaban J connectivity index is 2.07. The van der Waals surface area contributed by atoms with E-state index in [0.29, 0.717) is 0 Å². The van der Waals surface area contributed by atoms with Crippen molar-refractivity contribution in [3.05, 3.63) is 94.0 Å². The standard InChI is InChI=1S/C28H31Cl2N3O4S/c1-19(2)31-28(35)21(4)32(17-22-10-8-9-20(3)15-22)27(34)18-33(26-16-23(29)13-14-25(26)30)38(36,37)24-11-6-5-7-12-24/h5-16,19,21H,17-18H2,1-4H3,(H,31,35)/t21-/m0/s1. The average Bonchev–Trinajstić information content (AvgIpc) is 2.87. The van der Waals surface area contributed by atoms with Crippen LogP contribution in [0.15, 0.2) is 77.7 Å². The first-order valence-corrected chi connectivity index (χ1v) is 14.3. The number of amides is 2. The topological polar surface area (TPSA) is 86.8 Å². The maximum absolute atomic E-state index is 13.9. The van der Waals surface area contributed by atoms with E-state index >= 15 is 0 Å². The molecule has 1 atom stereocenters. The molecular formula is C28H31Cl2N3O4S. The molecule has 0 bridgehead atoms. The van der Waals surface area contributed by atoms with Crippen molar-refractivity contribution in [1.82, 2.24) is 10.2 Å². The van der Waals surface area contributed by atoms with Gasteiger partial charge in [-0.1, -0.05) is 71.2 Å². The number of sulfonamides is 1. The third kappa shape index (κ3) is 7.28. The molecule has 0 saturated heterocycles. The van der Waals surface area contributed by atoms with E-state index in [1.807, 2.05) is 45.0 Å². The number of nitrogens with one attached hydrogen (secondary N) is 1. The predicted molar refractivity (Wildman–Crippen MR) is 152 cm³/mol. The molecule has 0 spiro atoms. The van der Waals surface area contributed by atoms with Crippen LogP contribution >= 0.6 is 23.2 Å². The smallest absolute Gasteiger partial charge is 0.264 e. The molecule has 3 aromatic carbocycles. The van der Waals surface area contributed by atoms with Crippen LogP contribution < -0.4 is 9.62 Å². The van der Waals surface area contributed by atoms with E-state index < -0.39 is 28.5 Å². The summed E-state index contributed by atoms with van der Waals surface area (Å²) < 4.78 is 28.5. The van der Waals surface area contributed by atoms with Crippen LogP contribution in [0, 0.1) is 6.92 Å². The van der Waals surface area contributed by atoms with E-state index in [4.69, 9.17) is 23.2 Å². The van der Waals surface area contributed by atoms with Crippen LogP contribution in [0.1, 0.15) is 31.9 Å². The predicted octanol–water partition coefficient (Wildman–Crippen LogP) is 5.44. The van der Waals surface area contributed by atoms with E-state index in [2.05, 4.69) is 5.32 Å². The normalized spacial score (nSPS) is 12.2. The Morgan fingerprint density at radius 1 is 0.921 bits per heavy atom. The molecule has 3 aromatic rings. The number of carbonyl (C=O) groups is 2. The summed E-state index contributed by atoms with van der Waals surface area (Å²) in [6, 6.07) is 18.7. The van der Waals surface area contributed by atoms with Crippen molar-refractivity contribution in [1.29, 1.82) is 0 Å². The van der Waals surface area contributed by atoms with Crippen LogP contribution in [0.2, 0.25) is 10.0 Å². The van der Waals surface area contributed by atoms with Gasteiger partial charge in [0.2, 0.25) is 11.8 Å². The first-order chi connectivity index (χ1) is 17.9. The molecule has 0 unspecified atom stereocenters. The minimum absolute atomic E-state index is 0.0142. The third-order valence-corrected chi connectivity index (χ3v) is 8.15. The highest BCUT2D eigenvalue weighted by atomic mass is 35.5. The Labute approximate surface area is 234 Å². The zero-order chi connectivity index (χ0) is 28.0. The summed E-state index contributed by atoms with van der Waals surface area (Å²) in [6.07, 6.45) is 0. The van der Waals surface area contributed by atoms with Gasteiger partial charge in [0.15, 0.2) is 0 Å². The summed E-state index contributed by atoms with van der Waals surface area (Å²) in [5, 5.41) is 3.19. The van der Waals surface area contributed by atoms with Gasteiger partial charge in [0, 0.05) is 17.6 Å². The van der Waals surface area contributed by atoms with Gasteiger partial charge in [-0.15, -0.1) is 0 Å². The van der Waals surface area contributed by atoms with Crippen LogP contribution in [-0.4, -0.2) is 43.8 Å². The number of hydrogen-bond donors (Lipinski definition) is 1. The van der Waals surface area contributed by atoms with Crippen LogP contribution in [0.25, 0.3) is 0 Å². The van der Waals surface area contributed by atoms with Crippen molar-refractivity contribution in [2.24, 2.45) is 0 Å². The van der Waals surface area contributed by atoms with Gasteiger partial charge in [0.1, 0.15) is 12.6 Å². The van der Waals surface area contributed by atoms with Crippen molar-refractivity contribution in [3.63, 3.8) is 0 Å². The lowest BCUT2D eigenvalue weighted by Gasteiger charge is -2.32. The highest BCUT2D eigenvalue weighted by Gasteiger charge is 2.33. The summed E-state index contributed by atoms with van der Waals surface area (Å²) in [5.41, 5.74) is 1.86. The lowest BCUT2D eigenvalue weighted by atomic mass is 10.1. The van der Waals surface area contributed by atoms with Crippen molar-refractivity contribution in [2.75, 3.05) is 10.8 Å². The molecule has 0 aromatic heterocycles. The lowest BCUT2D eigenvalue weighted by molar-refractivity contribution is -0.139. The van der Waals surface area contributed by atoms with Crippen molar-refractivity contribution in [3.8, 4) is 0 Å². The first-order valence-electron chi connectivity index (χ1n) is 12.1. The lowest BCUT2D eigenvalue weighted by Crippen LogP contribution is -2.52. The average molecular weight is 577 g/mol. The highest BCUT2D eigenvalue weighted by Crippen LogP contribution is 2.33. The molecule has 202 valence electrons. The second kappa shape index (κ2) is 12.7. The molecule has 0 aliphatic rings. The van der Waals surface area contributed by atoms with Gasteiger partial charge < -0.3 is 10.2 Å². The van der Waals surface area contributed by atoms with Crippen molar-refractivity contribution >= 4 is 50.7 Å². The quantitative estimate of drug-likeness (QED) is 0.348. The van der Waals surface area contributed by atoms with Gasteiger partial charge in [0.05, 0.1) is 15.6 Å². The van der Waals surface area contributed by atoms with E-state index in [0.717, 1.165) is 15.4 Å². The minimum Gasteiger partial charge on any atom is -0.352 e. The van der Waals surface area contributed by atoms with Gasteiger partial charge in [-0.2, -0.15) is 0 Å². The Kier molecular flexibility index (Phi) is 9.82. The molecule has 0 aliphatic carbocycles. The number of hydrogen-bond acceptors (Lipinski definition) is 4. The van der Waals surface area contributed by atoms with E-state index in [1.165, 1.54) is 35.2 Å². The molecule has 38 heavy (non-hydrogen) atoms. The maximum Gasteiger partial charge on any atom is 0.264 e. The summed E-state index contributed by atoms with van der Waals surface area (Å²) >= 11 is 12.6. The zero-order valence-corrected chi connectivity index (χ0v) is 24.0. The summed E-state index contributed by atoms with van der Waals surface area (Å²) in [7, 11) is -4.22. The Morgan fingerprint density at radius 2 is 1.61 bits per heavy atom. The molecule has 0 fully saturated rings. The summed E-state index contributed by atoms with van der Waals surface area (Å²) in [5.74, 6) is -0.923. The van der Waals surface area contributed by atoms with Crippen LogP contribution in [0.3, 0.4) is 0 Å². The number of anilines is 1. The fourth-order valence-corrected chi connectivity index (χ4v) is 5.79. The molecule has 7 nitrogen and oxygen atoms in total. The Hall–Kier alpha value is -3.07. The van der Waals surface area contributed by atoms with Crippen LogP contribution in [-0.2, 0) is 26.2 Å². The van der Waals surface area contributed by atoms with Gasteiger partial charge in [-0.05, 0) is 63.6 Å². The van der Waals surface area contributed by atoms with Gasteiger partial charge in [0.25, 0.3) is 10.0 Å². The van der Waals surface area contributed by atoms with E-state index in [-0.39, 0.29) is 39.1 Å². The highest BCUT2D eigenvalue weighted by molar-refractivity contribution is 7.92. The number of carbonyl (C=O) groups excluding carboxylic acids is 2. The zero-order valence-electron chi connectivity index (χ0n) is 21.7. The molecule has 0 aliphatic heterocycles. The third-order valence-electron chi connectivity index (χ3n) is 5.82. The largest absolute Gasteiger partial charge is 0.352 e. The number of aryl methyl sites for hydroxylation is 1. The first kappa shape index (κ1) is 29.5. The van der Waals surface area contributed by atoms with Crippen molar-refractivity contribution in [2.45, 2.75) is 51.2 Å². The molecule has 2 amide bonds. The second-order valence-electron chi connectivity index (χ2n) is 9.27. The maximum atomic E-state index is 13.9. The molecule has 0 heterocycles. The van der Waals surface area contributed by atoms with Gasteiger partial charge in [-0.25, -0.2) is 8.42 Å². The van der Waals surface area contributed by atoms with E-state index in [1.54, 1.807) is 25.1 Å². The number of benzene rings is 3. The summed E-state index contributed by atoms with van der Waals surface area (Å²) in [4.78, 5) is 28.2. The summed E-state index contributed by atoms with van der Waals surface area (Å²) in [6.45, 7) is 6.71. The van der Waals surface area contributed by atoms with E-state index in [9.17, 15) is 18.0 Å². The Morgan fingerprint density at radius 3 is 2.24 bits per heavy atom. The molecule has 0 radical (unpaired) electrons. The van der Waals surface area contributed by atoms with Gasteiger partial charge in [-0.3, -0.25) is 13.9 Å². The fraction of sp³-hybridized carbons (Fsp3) is 0.286.